The third kappa shape index (κ3) is 3.30. The fourth-order valence-electron chi connectivity index (χ4n) is 1.46. The Morgan fingerprint density at radius 1 is 1.31 bits per heavy atom. The van der Waals surface area contributed by atoms with E-state index in [0.29, 0.717) is 11.3 Å². The highest BCUT2D eigenvalue weighted by molar-refractivity contribution is 7.89. The van der Waals surface area contributed by atoms with E-state index in [0.717, 1.165) is 11.1 Å². The van der Waals surface area contributed by atoms with Gasteiger partial charge in [-0.25, -0.2) is 13.1 Å². The first-order valence-electron chi connectivity index (χ1n) is 5.15. The van der Waals surface area contributed by atoms with Gasteiger partial charge in [-0.3, -0.25) is 0 Å². The maximum absolute atomic E-state index is 11.8. The predicted molar refractivity (Wildman–Crippen MR) is 62.8 cm³/mol. The molecule has 90 valence electrons. The Morgan fingerprint density at radius 3 is 2.56 bits per heavy atom. The molecule has 0 aliphatic rings. The maximum Gasteiger partial charge on any atom is 0.240 e. The zero-order valence-corrected chi connectivity index (χ0v) is 10.3. The first kappa shape index (κ1) is 13.2. The first-order chi connectivity index (χ1) is 7.47. The minimum Gasteiger partial charge on any atom is -0.396 e. The second-order valence-electron chi connectivity index (χ2n) is 3.74. The van der Waals surface area contributed by atoms with Crippen LogP contribution < -0.4 is 4.72 Å². The lowest BCUT2D eigenvalue weighted by molar-refractivity contribution is 0.289. The molecule has 0 aliphatic heterocycles. The smallest absolute Gasteiger partial charge is 0.240 e. The number of aryl methyl sites for hydroxylation is 2. The molecule has 1 aromatic rings. The van der Waals surface area contributed by atoms with Crippen molar-refractivity contribution in [1.82, 2.24) is 4.72 Å². The summed E-state index contributed by atoms with van der Waals surface area (Å²) in [6, 6.07) is 5.21. The number of hydrogen-bond donors (Lipinski definition) is 2. The van der Waals surface area contributed by atoms with Crippen LogP contribution in [0.5, 0.6) is 0 Å². The molecule has 0 aliphatic carbocycles. The van der Waals surface area contributed by atoms with E-state index in [1.54, 1.807) is 19.1 Å². The summed E-state index contributed by atoms with van der Waals surface area (Å²) in [5.41, 5.74) is 1.77. The molecule has 0 bridgehead atoms. The molecule has 0 aromatic heterocycles. The molecule has 0 heterocycles. The lowest BCUT2D eigenvalue weighted by Gasteiger charge is -2.09. The Kier molecular flexibility index (Phi) is 4.46. The topological polar surface area (TPSA) is 66.4 Å². The number of sulfonamides is 1. The highest BCUT2D eigenvalue weighted by Gasteiger charge is 2.15. The van der Waals surface area contributed by atoms with Gasteiger partial charge in [0.2, 0.25) is 10.0 Å². The molecule has 0 saturated carbocycles. The third-order valence-corrected chi connectivity index (χ3v) is 3.87. The largest absolute Gasteiger partial charge is 0.396 e. The zero-order valence-electron chi connectivity index (χ0n) is 9.53. The Bertz CT molecular complexity index is 454. The van der Waals surface area contributed by atoms with Crippen LogP contribution in [0.1, 0.15) is 17.5 Å². The number of rotatable bonds is 5. The van der Waals surface area contributed by atoms with Gasteiger partial charge >= 0.3 is 0 Å². The van der Waals surface area contributed by atoms with Gasteiger partial charge in [-0.05, 0) is 31.9 Å². The molecule has 0 spiro atoms. The standard InChI is InChI=1S/C11H17NO3S/c1-9-4-5-11(10(2)8-9)16(14,15)12-6-3-7-13/h4-5,8,12-13H,3,6-7H2,1-2H3. The van der Waals surface area contributed by atoms with E-state index in [-0.39, 0.29) is 13.2 Å². The Labute approximate surface area is 96.4 Å². The van der Waals surface area contributed by atoms with Crippen LogP contribution in [0, 0.1) is 13.8 Å². The summed E-state index contributed by atoms with van der Waals surface area (Å²) in [4.78, 5) is 0.302. The van der Waals surface area contributed by atoms with Crippen LogP contribution >= 0.6 is 0 Å². The van der Waals surface area contributed by atoms with Crippen molar-refractivity contribution in [2.45, 2.75) is 25.2 Å². The summed E-state index contributed by atoms with van der Waals surface area (Å²) in [5, 5.41) is 8.59. The van der Waals surface area contributed by atoms with E-state index in [4.69, 9.17) is 5.11 Å². The minimum absolute atomic E-state index is 0.0185. The molecule has 1 aromatic carbocycles. The van der Waals surface area contributed by atoms with Gasteiger partial charge in [-0.2, -0.15) is 0 Å². The lowest BCUT2D eigenvalue weighted by Crippen LogP contribution is -2.26. The Balaban J connectivity index is 2.90. The molecule has 5 heteroatoms. The summed E-state index contributed by atoms with van der Waals surface area (Å²) in [7, 11) is -3.44. The SMILES string of the molecule is Cc1ccc(S(=O)(=O)NCCCO)c(C)c1. The summed E-state index contributed by atoms with van der Waals surface area (Å²) in [6.45, 7) is 3.93. The number of benzene rings is 1. The monoisotopic (exact) mass is 243 g/mol. The first-order valence-corrected chi connectivity index (χ1v) is 6.63. The number of aliphatic hydroxyl groups excluding tert-OH is 1. The van der Waals surface area contributed by atoms with Crippen molar-refractivity contribution < 1.29 is 13.5 Å². The van der Waals surface area contributed by atoms with Crippen LogP contribution in [0.2, 0.25) is 0 Å². The van der Waals surface area contributed by atoms with Crippen molar-refractivity contribution in [3.05, 3.63) is 29.3 Å². The Hall–Kier alpha value is -0.910. The van der Waals surface area contributed by atoms with Crippen LogP contribution in [-0.2, 0) is 10.0 Å². The Morgan fingerprint density at radius 2 is 2.00 bits per heavy atom. The molecule has 0 radical (unpaired) electrons. The van der Waals surface area contributed by atoms with Gasteiger partial charge in [-0.15, -0.1) is 0 Å². The van der Waals surface area contributed by atoms with E-state index in [2.05, 4.69) is 4.72 Å². The number of aliphatic hydroxyl groups is 1. The third-order valence-electron chi connectivity index (χ3n) is 2.25. The average Bonchev–Trinajstić information content (AvgIpc) is 2.17. The van der Waals surface area contributed by atoms with Gasteiger partial charge in [0.25, 0.3) is 0 Å². The molecular formula is C11H17NO3S. The summed E-state index contributed by atoms with van der Waals surface area (Å²) in [5.74, 6) is 0. The van der Waals surface area contributed by atoms with Crippen molar-refractivity contribution in [3.63, 3.8) is 0 Å². The van der Waals surface area contributed by atoms with Gasteiger partial charge in [-0.1, -0.05) is 17.7 Å². The number of nitrogens with one attached hydrogen (secondary N) is 1. The van der Waals surface area contributed by atoms with E-state index in [1.807, 2.05) is 13.0 Å². The molecule has 2 N–H and O–H groups in total. The summed E-state index contributed by atoms with van der Waals surface area (Å²) < 4.78 is 26.1. The molecule has 4 nitrogen and oxygen atoms in total. The average molecular weight is 243 g/mol. The normalized spacial score (nSPS) is 11.7. The van der Waals surface area contributed by atoms with E-state index in [9.17, 15) is 8.42 Å². The molecular weight excluding hydrogens is 226 g/mol. The van der Waals surface area contributed by atoms with Crippen LogP contribution in [0.15, 0.2) is 23.1 Å². The molecule has 0 fully saturated rings. The molecule has 0 saturated heterocycles. The van der Waals surface area contributed by atoms with Crippen molar-refractivity contribution in [2.24, 2.45) is 0 Å². The highest BCUT2D eigenvalue weighted by Crippen LogP contribution is 2.15. The van der Waals surface area contributed by atoms with Gasteiger partial charge in [0, 0.05) is 13.2 Å². The molecule has 0 amide bonds. The fraction of sp³-hybridized carbons (Fsp3) is 0.455. The maximum atomic E-state index is 11.8. The lowest BCUT2D eigenvalue weighted by atomic mass is 10.2. The minimum atomic E-state index is -3.44. The quantitative estimate of drug-likeness (QED) is 0.757. The van der Waals surface area contributed by atoms with Gasteiger partial charge in [0.1, 0.15) is 0 Å². The van der Waals surface area contributed by atoms with Gasteiger partial charge in [0.05, 0.1) is 4.90 Å². The fourth-order valence-corrected chi connectivity index (χ4v) is 2.76. The highest BCUT2D eigenvalue weighted by atomic mass is 32.2. The van der Waals surface area contributed by atoms with Crippen LogP contribution in [-0.4, -0.2) is 26.7 Å². The zero-order chi connectivity index (χ0) is 12.2. The molecule has 0 atom stereocenters. The molecule has 1 rings (SSSR count). The molecule has 0 unspecified atom stereocenters. The second-order valence-corrected chi connectivity index (χ2v) is 5.48. The molecule has 16 heavy (non-hydrogen) atoms. The van der Waals surface area contributed by atoms with E-state index in [1.165, 1.54) is 0 Å². The summed E-state index contributed by atoms with van der Waals surface area (Å²) >= 11 is 0. The van der Waals surface area contributed by atoms with E-state index >= 15 is 0 Å². The van der Waals surface area contributed by atoms with Crippen LogP contribution in [0.25, 0.3) is 0 Å². The van der Waals surface area contributed by atoms with Crippen molar-refractivity contribution in [2.75, 3.05) is 13.2 Å². The van der Waals surface area contributed by atoms with Crippen molar-refractivity contribution >= 4 is 10.0 Å². The van der Waals surface area contributed by atoms with Crippen LogP contribution in [0.4, 0.5) is 0 Å². The van der Waals surface area contributed by atoms with Crippen molar-refractivity contribution in [3.8, 4) is 0 Å². The predicted octanol–water partition coefficient (Wildman–Crippen LogP) is 0.964. The second kappa shape index (κ2) is 5.43. The van der Waals surface area contributed by atoms with Crippen molar-refractivity contribution in [1.29, 1.82) is 0 Å². The van der Waals surface area contributed by atoms with E-state index < -0.39 is 10.0 Å². The summed E-state index contributed by atoms with van der Waals surface area (Å²) in [6.07, 6.45) is 0.421. The van der Waals surface area contributed by atoms with Gasteiger partial charge < -0.3 is 5.11 Å². The number of hydrogen-bond acceptors (Lipinski definition) is 3. The van der Waals surface area contributed by atoms with Gasteiger partial charge in [0.15, 0.2) is 0 Å². The van der Waals surface area contributed by atoms with Crippen LogP contribution in [0.3, 0.4) is 0 Å².